The second-order valence-corrected chi connectivity index (χ2v) is 5.79. The standard InChI is InChI=1S/C17H20N2O2/c1-4-21-17(20)14-6-13-5-12(3)16(7-15(13)18-8-14)19-9-11(2)10-19/h5-8,11H,4,9-10H2,1-3H3. The van der Waals surface area contributed by atoms with Gasteiger partial charge >= 0.3 is 5.97 Å². The van der Waals surface area contributed by atoms with E-state index in [4.69, 9.17) is 4.74 Å². The van der Waals surface area contributed by atoms with Crippen molar-refractivity contribution in [2.75, 3.05) is 24.6 Å². The molecule has 4 nitrogen and oxygen atoms in total. The van der Waals surface area contributed by atoms with E-state index in [1.807, 2.05) is 6.07 Å². The van der Waals surface area contributed by atoms with Crippen LogP contribution in [0, 0.1) is 12.8 Å². The molecule has 4 heteroatoms. The van der Waals surface area contributed by atoms with Crippen LogP contribution in [0.25, 0.3) is 10.9 Å². The van der Waals surface area contributed by atoms with Crippen LogP contribution < -0.4 is 4.90 Å². The summed E-state index contributed by atoms with van der Waals surface area (Å²) in [6.07, 6.45) is 1.60. The van der Waals surface area contributed by atoms with Crippen LogP contribution in [0.4, 0.5) is 5.69 Å². The molecular weight excluding hydrogens is 264 g/mol. The van der Waals surface area contributed by atoms with Crippen LogP contribution in [0.1, 0.15) is 29.8 Å². The molecule has 0 saturated carbocycles. The molecule has 110 valence electrons. The number of carbonyl (C=O) groups is 1. The molecule has 0 bridgehead atoms. The molecule has 21 heavy (non-hydrogen) atoms. The largest absolute Gasteiger partial charge is 0.462 e. The highest BCUT2D eigenvalue weighted by atomic mass is 16.5. The van der Waals surface area contributed by atoms with E-state index in [1.165, 1.54) is 11.3 Å². The quantitative estimate of drug-likeness (QED) is 0.812. The van der Waals surface area contributed by atoms with Crippen LogP contribution in [-0.4, -0.2) is 30.6 Å². The number of rotatable bonds is 3. The Hall–Kier alpha value is -2.10. The molecule has 0 spiro atoms. The molecule has 0 amide bonds. The normalized spacial score (nSPS) is 15.1. The fourth-order valence-electron chi connectivity index (χ4n) is 2.84. The third kappa shape index (κ3) is 2.58. The Bertz CT molecular complexity index is 690. The van der Waals surface area contributed by atoms with Gasteiger partial charge in [0.2, 0.25) is 0 Å². The van der Waals surface area contributed by atoms with Gasteiger partial charge in [0.05, 0.1) is 17.7 Å². The monoisotopic (exact) mass is 284 g/mol. The average Bonchev–Trinajstić information content (AvgIpc) is 2.43. The second kappa shape index (κ2) is 5.35. The van der Waals surface area contributed by atoms with Crippen molar-refractivity contribution in [3.63, 3.8) is 0 Å². The fourth-order valence-corrected chi connectivity index (χ4v) is 2.84. The Balaban J connectivity index is 1.96. The van der Waals surface area contributed by atoms with Gasteiger partial charge in [-0.05, 0) is 43.5 Å². The third-order valence-electron chi connectivity index (χ3n) is 3.91. The highest BCUT2D eigenvalue weighted by molar-refractivity contribution is 5.94. The zero-order valence-corrected chi connectivity index (χ0v) is 12.7. The topological polar surface area (TPSA) is 42.4 Å². The molecule has 3 rings (SSSR count). The first-order valence-corrected chi connectivity index (χ1v) is 7.41. The Morgan fingerprint density at radius 1 is 1.38 bits per heavy atom. The van der Waals surface area contributed by atoms with Crippen molar-refractivity contribution < 1.29 is 9.53 Å². The first-order chi connectivity index (χ1) is 10.1. The SMILES string of the molecule is CCOC(=O)c1cnc2cc(N3CC(C)C3)c(C)cc2c1. The minimum atomic E-state index is -0.315. The lowest BCUT2D eigenvalue weighted by molar-refractivity contribution is 0.0526. The van der Waals surface area contributed by atoms with Gasteiger partial charge in [-0.25, -0.2) is 4.79 Å². The Kier molecular flexibility index (Phi) is 3.53. The van der Waals surface area contributed by atoms with E-state index in [-0.39, 0.29) is 5.97 Å². The molecule has 0 N–H and O–H groups in total. The van der Waals surface area contributed by atoms with Gasteiger partial charge < -0.3 is 9.64 Å². The van der Waals surface area contributed by atoms with E-state index in [2.05, 4.69) is 35.9 Å². The van der Waals surface area contributed by atoms with E-state index in [0.717, 1.165) is 29.9 Å². The smallest absolute Gasteiger partial charge is 0.339 e. The van der Waals surface area contributed by atoms with E-state index >= 15 is 0 Å². The van der Waals surface area contributed by atoms with Crippen molar-refractivity contribution in [3.8, 4) is 0 Å². The highest BCUT2D eigenvalue weighted by Crippen LogP contribution is 2.30. The molecule has 1 fully saturated rings. The lowest BCUT2D eigenvalue weighted by Crippen LogP contribution is -2.45. The molecule has 0 unspecified atom stereocenters. The zero-order chi connectivity index (χ0) is 15.0. The van der Waals surface area contributed by atoms with E-state index in [1.54, 1.807) is 13.1 Å². The van der Waals surface area contributed by atoms with E-state index in [0.29, 0.717) is 12.2 Å². The molecule has 0 aliphatic carbocycles. The lowest BCUT2D eigenvalue weighted by atomic mass is 9.99. The van der Waals surface area contributed by atoms with Crippen molar-refractivity contribution in [1.82, 2.24) is 4.98 Å². The molecular formula is C17H20N2O2. The minimum Gasteiger partial charge on any atom is -0.462 e. The number of benzene rings is 1. The summed E-state index contributed by atoms with van der Waals surface area (Å²) in [5.41, 5.74) is 3.89. The summed E-state index contributed by atoms with van der Waals surface area (Å²) < 4.78 is 5.02. The van der Waals surface area contributed by atoms with Crippen LogP contribution in [0.5, 0.6) is 0 Å². The van der Waals surface area contributed by atoms with Crippen LogP contribution in [0.15, 0.2) is 24.4 Å². The number of hydrogen-bond acceptors (Lipinski definition) is 4. The second-order valence-electron chi connectivity index (χ2n) is 5.79. The molecule has 1 aromatic heterocycles. The first kappa shape index (κ1) is 13.9. The molecule has 0 radical (unpaired) electrons. The minimum absolute atomic E-state index is 0.315. The number of pyridine rings is 1. The maximum Gasteiger partial charge on any atom is 0.339 e. The summed E-state index contributed by atoms with van der Waals surface area (Å²) in [5, 5.41) is 0.982. The predicted molar refractivity (Wildman–Crippen MR) is 83.8 cm³/mol. The summed E-state index contributed by atoms with van der Waals surface area (Å²) in [6, 6.07) is 6.07. The molecule has 1 aromatic carbocycles. The molecule has 1 aliphatic heterocycles. The highest BCUT2D eigenvalue weighted by Gasteiger charge is 2.24. The van der Waals surface area contributed by atoms with Gasteiger partial charge in [-0.2, -0.15) is 0 Å². The maximum atomic E-state index is 11.8. The van der Waals surface area contributed by atoms with Crippen molar-refractivity contribution in [2.45, 2.75) is 20.8 Å². The first-order valence-electron chi connectivity index (χ1n) is 7.41. The Morgan fingerprint density at radius 3 is 2.81 bits per heavy atom. The number of carbonyl (C=O) groups excluding carboxylic acids is 1. The van der Waals surface area contributed by atoms with Crippen LogP contribution in [0.2, 0.25) is 0 Å². The molecule has 2 aromatic rings. The van der Waals surface area contributed by atoms with Crippen LogP contribution >= 0.6 is 0 Å². The summed E-state index contributed by atoms with van der Waals surface area (Å²) in [6.45, 7) is 8.75. The number of aryl methyl sites for hydroxylation is 1. The summed E-state index contributed by atoms with van der Waals surface area (Å²) >= 11 is 0. The summed E-state index contributed by atoms with van der Waals surface area (Å²) in [5.74, 6) is 0.449. The molecule has 0 atom stereocenters. The van der Waals surface area contributed by atoms with Gasteiger partial charge in [-0.3, -0.25) is 4.98 Å². The molecule has 1 saturated heterocycles. The van der Waals surface area contributed by atoms with Crippen molar-refractivity contribution >= 4 is 22.6 Å². The maximum absolute atomic E-state index is 11.8. The van der Waals surface area contributed by atoms with Crippen molar-refractivity contribution in [1.29, 1.82) is 0 Å². The zero-order valence-electron chi connectivity index (χ0n) is 12.7. The number of nitrogens with zero attached hydrogens (tertiary/aromatic N) is 2. The summed E-state index contributed by atoms with van der Waals surface area (Å²) in [4.78, 5) is 18.6. The van der Waals surface area contributed by atoms with Crippen LogP contribution in [-0.2, 0) is 4.74 Å². The number of hydrogen-bond donors (Lipinski definition) is 0. The number of fused-ring (bicyclic) bond motifs is 1. The molecule has 2 heterocycles. The van der Waals surface area contributed by atoms with Gasteiger partial charge in [0, 0.05) is 30.4 Å². The van der Waals surface area contributed by atoms with Gasteiger partial charge in [-0.1, -0.05) is 6.92 Å². The van der Waals surface area contributed by atoms with Gasteiger partial charge in [0.15, 0.2) is 0 Å². The fraction of sp³-hybridized carbons (Fsp3) is 0.412. The Morgan fingerprint density at radius 2 is 2.14 bits per heavy atom. The van der Waals surface area contributed by atoms with Gasteiger partial charge in [-0.15, -0.1) is 0 Å². The van der Waals surface area contributed by atoms with Gasteiger partial charge in [0.1, 0.15) is 0 Å². The number of esters is 1. The predicted octanol–water partition coefficient (Wildman–Crippen LogP) is 3.18. The van der Waals surface area contributed by atoms with E-state index in [9.17, 15) is 4.79 Å². The number of ether oxygens (including phenoxy) is 1. The Labute approximate surface area is 124 Å². The number of aromatic nitrogens is 1. The third-order valence-corrected chi connectivity index (χ3v) is 3.91. The summed E-state index contributed by atoms with van der Waals surface area (Å²) in [7, 11) is 0. The lowest BCUT2D eigenvalue weighted by Gasteiger charge is -2.40. The van der Waals surface area contributed by atoms with Crippen LogP contribution in [0.3, 0.4) is 0 Å². The van der Waals surface area contributed by atoms with Crippen molar-refractivity contribution in [3.05, 3.63) is 35.5 Å². The van der Waals surface area contributed by atoms with E-state index < -0.39 is 0 Å². The number of anilines is 1. The molecule has 1 aliphatic rings. The van der Waals surface area contributed by atoms with Crippen molar-refractivity contribution in [2.24, 2.45) is 5.92 Å². The van der Waals surface area contributed by atoms with Gasteiger partial charge in [0.25, 0.3) is 0 Å². The average molecular weight is 284 g/mol.